The maximum absolute atomic E-state index is 11.2. The number of hydrogen-bond donors (Lipinski definition) is 2. The van der Waals surface area contributed by atoms with Gasteiger partial charge in [-0.05, 0) is 50.3 Å². The molecule has 0 radical (unpaired) electrons. The number of rotatable bonds is 4. The molecule has 1 aromatic rings. The highest BCUT2D eigenvalue weighted by atomic mass is 16.5. The van der Waals surface area contributed by atoms with Crippen LogP contribution in [0.5, 0.6) is 0 Å². The van der Waals surface area contributed by atoms with Gasteiger partial charge < -0.3 is 10.1 Å². The quantitative estimate of drug-likeness (QED) is 0.836. The molecule has 1 amide bonds. The second-order valence-electron chi connectivity index (χ2n) is 5.38. The zero-order valence-electron chi connectivity index (χ0n) is 12.9. The normalized spacial score (nSPS) is 18.2. The fraction of sp³-hybridized carbons (Fsp3) is 0.500. The summed E-state index contributed by atoms with van der Waals surface area (Å²) >= 11 is 0. The first-order chi connectivity index (χ1) is 10.1. The molecule has 114 valence electrons. The third-order valence-corrected chi connectivity index (χ3v) is 3.82. The minimum absolute atomic E-state index is 0.0700. The minimum atomic E-state index is -0.0700. The van der Waals surface area contributed by atoms with E-state index < -0.39 is 0 Å². The Morgan fingerprint density at radius 1 is 1.29 bits per heavy atom. The van der Waals surface area contributed by atoms with Crippen molar-refractivity contribution in [3.8, 4) is 0 Å². The molecular formula is C16H23N3O2. The molecule has 1 saturated carbocycles. The van der Waals surface area contributed by atoms with Gasteiger partial charge in [-0.25, -0.2) is 0 Å². The Kier molecular flexibility index (Phi) is 5.33. The average molecular weight is 289 g/mol. The molecule has 0 unspecified atom stereocenters. The van der Waals surface area contributed by atoms with E-state index in [1.54, 1.807) is 7.11 Å². The van der Waals surface area contributed by atoms with Crippen molar-refractivity contribution >= 4 is 23.0 Å². The predicted molar refractivity (Wildman–Crippen MR) is 85.8 cm³/mol. The van der Waals surface area contributed by atoms with E-state index in [0.29, 0.717) is 6.10 Å². The first kappa shape index (κ1) is 15.5. The number of anilines is 2. The number of ether oxygens (including phenoxy) is 1. The highest BCUT2D eigenvalue weighted by molar-refractivity contribution is 5.91. The number of carbonyl (C=O) groups excluding carboxylic acids is 1. The Bertz CT molecular complexity index is 530. The molecule has 2 rings (SSSR count). The maximum atomic E-state index is 11.2. The second kappa shape index (κ2) is 7.22. The first-order valence-corrected chi connectivity index (χ1v) is 7.31. The summed E-state index contributed by atoms with van der Waals surface area (Å²) in [6.45, 7) is 3.48. The van der Waals surface area contributed by atoms with Crippen molar-refractivity contribution in [3.63, 3.8) is 0 Å². The van der Waals surface area contributed by atoms with Crippen LogP contribution in [0, 0.1) is 6.92 Å². The van der Waals surface area contributed by atoms with Gasteiger partial charge in [-0.3, -0.25) is 10.2 Å². The lowest BCUT2D eigenvalue weighted by Crippen LogP contribution is -2.20. The van der Waals surface area contributed by atoms with Crippen molar-refractivity contribution in [2.75, 3.05) is 17.9 Å². The van der Waals surface area contributed by atoms with E-state index in [1.165, 1.54) is 12.6 Å². The highest BCUT2D eigenvalue weighted by Crippen LogP contribution is 2.24. The van der Waals surface area contributed by atoms with Gasteiger partial charge in [-0.1, -0.05) is 6.07 Å². The summed E-state index contributed by atoms with van der Waals surface area (Å²) in [6, 6.07) is 5.76. The molecule has 1 aliphatic rings. The number of hydrazone groups is 1. The molecule has 0 atom stereocenters. The molecule has 0 bridgehead atoms. The maximum Gasteiger partial charge on any atom is 0.221 e. The van der Waals surface area contributed by atoms with Crippen molar-refractivity contribution in [3.05, 3.63) is 23.8 Å². The van der Waals surface area contributed by atoms with Gasteiger partial charge in [0.25, 0.3) is 0 Å². The topological polar surface area (TPSA) is 62.7 Å². The molecule has 1 aliphatic carbocycles. The van der Waals surface area contributed by atoms with Crippen LogP contribution in [0.3, 0.4) is 0 Å². The Hall–Kier alpha value is -1.88. The van der Waals surface area contributed by atoms with E-state index >= 15 is 0 Å². The minimum Gasteiger partial charge on any atom is -0.381 e. The number of amides is 1. The summed E-state index contributed by atoms with van der Waals surface area (Å²) in [5, 5.41) is 7.32. The van der Waals surface area contributed by atoms with Gasteiger partial charge in [0.1, 0.15) is 0 Å². The van der Waals surface area contributed by atoms with Gasteiger partial charge in [0.15, 0.2) is 0 Å². The van der Waals surface area contributed by atoms with E-state index in [-0.39, 0.29) is 5.91 Å². The largest absolute Gasteiger partial charge is 0.381 e. The summed E-state index contributed by atoms with van der Waals surface area (Å²) in [7, 11) is 1.77. The Morgan fingerprint density at radius 3 is 2.57 bits per heavy atom. The van der Waals surface area contributed by atoms with Crippen LogP contribution in [0.15, 0.2) is 23.3 Å². The van der Waals surface area contributed by atoms with Gasteiger partial charge in [0.2, 0.25) is 5.91 Å². The van der Waals surface area contributed by atoms with Crippen LogP contribution in [0.2, 0.25) is 0 Å². The van der Waals surface area contributed by atoms with Gasteiger partial charge in [0, 0.05) is 25.4 Å². The lowest BCUT2D eigenvalue weighted by atomic mass is 9.96. The zero-order chi connectivity index (χ0) is 15.2. The molecule has 1 fully saturated rings. The van der Waals surface area contributed by atoms with Gasteiger partial charge in [-0.15, -0.1) is 0 Å². The molecular weight excluding hydrogens is 266 g/mol. The summed E-state index contributed by atoms with van der Waals surface area (Å²) in [5.41, 5.74) is 7.02. The highest BCUT2D eigenvalue weighted by Gasteiger charge is 2.16. The first-order valence-electron chi connectivity index (χ1n) is 7.31. The lowest BCUT2D eigenvalue weighted by molar-refractivity contribution is -0.114. The summed E-state index contributed by atoms with van der Waals surface area (Å²) in [5.74, 6) is -0.0700. The Balaban J connectivity index is 2.02. The van der Waals surface area contributed by atoms with Crippen LogP contribution in [-0.2, 0) is 9.53 Å². The van der Waals surface area contributed by atoms with Crippen LogP contribution in [0.4, 0.5) is 11.4 Å². The zero-order valence-corrected chi connectivity index (χ0v) is 12.9. The smallest absolute Gasteiger partial charge is 0.221 e. The number of methoxy groups -OCH3 is 1. The number of nitrogens with one attached hydrogen (secondary N) is 2. The van der Waals surface area contributed by atoms with Gasteiger partial charge >= 0.3 is 0 Å². The summed E-state index contributed by atoms with van der Waals surface area (Å²) < 4.78 is 5.36. The number of nitrogens with zero attached hydrogens (tertiary/aromatic N) is 1. The number of benzene rings is 1. The SMILES string of the molecule is COC1CCC(=NNc2cccc(NC(C)=O)c2C)CC1. The third kappa shape index (κ3) is 4.29. The molecule has 1 aromatic carbocycles. The van der Waals surface area contributed by atoms with E-state index in [9.17, 15) is 4.79 Å². The molecule has 0 saturated heterocycles. The molecule has 0 spiro atoms. The summed E-state index contributed by atoms with van der Waals surface area (Å²) in [6.07, 6.45) is 4.37. The van der Waals surface area contributed by atoms with Crippen molar-refractivity contribution in [2.24, 2.45) is 5.10 Å². The van der Waals surface area contributed by atoms with Gasteiger partial charge in [-0.2, -0.15) is 5.10 Å². The van der Waals surface area contributed by atoms with Crippen LogP contribution < -0.4 is 10.7 Å². The van der Waals surface area contributed by atoms with Crippen molar-refractivity contribution < 1.29 is 9.53 Å². The molecule has 5 nitrogen and oxygen atoms in total. The van der Waals surface area contributed by atoms with Crippen molar-refractivity contribution in [1.82, 2.24) is 0 Å². The monoisotopic (exact) mass is 289 g/mol. The average Bonchev–Trinajstić information content (AvgIpc) is 2.48. The molecule has 0 aliphatic heterocycles. The predicted octanol–water partition coefficient (Wildman–Crippen LogP) is 3.31. The second-order valence-corrected chi connectivity index (χ2v) is 5.38. The van der Waals surface area contributed by atoms with Crippen LogP contribution in [0.25, 0.3) is 0 Å². The van der Waals surface area contributed by atoms with Crippen LogP contribution in [-0.4, -0.2) is 24.8 Å². The fourth-order valence-corrected chi connectivity index (χ4v) is 2.49. The standard InChI is InChI=1S/C16H23N3O2/c1-11-15(17-12(2)20)5-4-6-16(11)19-18-13-7-9-14(21-3)10-8-13/h4-6,14,19H,7-10H2,1-3H3,(H,17,20). The third-order valence-electron chi connectivity index (χ3n) is 3.82. The molecule has 21 heavy (non-hydrogen) atoms. The number of hydrogen-bond acceptors (Lipinski definition) is 4. The van der Waals surface area contributed by atoms with E-state index in [4.69, 9.17) is 4.74 Å². The number of carbonyl (C=O) groups is 1. The molecule has 2 N–H and O–H groups in total. The van der Waals surface area contributed by atoms with Crippen LogP contribution >= 0.6 is 0 Å². The van der Waals surface area contributed by atoms with Gasteiger partial charge in [0.05, 0.1) is 11.8 Å². The van der Waals surface area contributed by atoms with E-state index in [1.807, 2.05) is 25.1 Å². The van der Waals surface area contributed by atoms with Crippen LogP contribution in [0.1, 0.15) is 38.2 Å². The van der Waals surface area contributed by atoms with E-state index in [2.05, 4.69) is 15.8 Å². The molecule has 0 aromatic heterocycles. The van der Waals surface area contributed by atoms with Crippen molar-refractivity contribution in [1.29, 1.82) is 0 Å². The van der Waals surface area contributed by atoms with E-state index in [0.717, 1.165) is 42.6 Å². The lowest BCUT2D eigenvalue weighted by Gasteiger charge is -2.21. The molecule has 5 heteroatoms. The summed E-state index contributed by atoms with van der Waals surface area (Å²) in [4.78, 5) is 11.2. The Labute approximate surface area is 125 Å². The Morgan fingerprint density at radius 2 is 1.95 bits per heavy atom. The fourth-order valence-electron chi connectivity index (χ4n) is 2.49. The van der Waals surface area contributed by atoms with Crippen molar-refractivity contribution in [2.45, 2.75) is 45.6 Å². The molecule has 0 heterocycles.